The molecule has 1 aromatic rings. The van der Waals surface area contributed by atoms with Gasteiger partial charge in [0.25, 0.3) is 0 Å². The molecule has 19 heavy (non-hydrogen) atoms. The fraction of sp³-hybridized carbons (Fsp3) is 0.462. The van der Waals surface area contributed by atoms with Crippen LogP contribution in [0.4, 0.5) is 0 Å². The average molecular weight is 290 g/mol. The Kier molecular flexibility index (Phi) is 6.12. The third-order valence-corrected chi connectivity index (χ3v) is 3.05. The van der Waals surface area contributed by atoms with Crippen LogP contribution < -0.4 is 10.5 Å². The molecule has 0 aromatic heterocycles. The molecule has 0 aliphatic rings. The van der Waals surface area contributed by atoms with E-state index < -0.39 is 17.4 Å². The summed E-state index contributed by atoms with van der Waals surface area (Å²) in [5, 5.41) is 9.71. The maximum absolute atomic E-state index is 11.7. The molecule has 0 saturated carbocycles. The van der Waals surface area contributed by atoms with Crippen molar-refractivity contribution >= 4 is 18.4 Å². The standard InChI is InChI=1S/C13H19NO4.ClH/c1-13(2,12(16)18-4)11(14)8-5-6-10(17-3)9(15)7-8;/h5-7,11,15H,14H2,1-4H3;1H/t11-;/m1./s1. The monoisotopic (exact) mass is 289 g/mol. The summed E-state index contributed by atoms with van der Waals surface area (Å²) in [5.74, 6) is -0.0433. The first kappa shape index (κ1) is 17.5. The van der Waals surface area contributed by atoms with Crippen LogP contribution in [0.1, 0.15) is 25.5 Å². The molecule has 6 heteroatoms. The summed E-state index contributed by atoms with van der Waals surface area (Å²) in [6, 6.07) is 4.24. The average Bonchev–Trinajstić information content (AvgIpc) is 2.36. The lowest BCUT2D eigenvalue weighted by Crippen LogP contribution is -2.37. The van der Waals surface area contributed by atoms with E-state index in [0.29, 0.717) is 11.3 Å². The summed E-state index contributed by atoms with van der Waals surface area (Å²) >= 11 is 0. The highest BCUT2D eigenvalue weighted by atomic mass is 35.5. The maximum atomic E-state index is 11.7. The molecule has 0 aliphatic heterocycles. The Morgan fingerprint density at radius 1 is 1.37 bits per heavy atom. The lowest BCUT2D eigenvalue weighted by Gasteiger charge is -2.29. The number of nitrogens with two attached hydrogens (primary N) is 1. The molecular weight excluding hydrogens is 270 g/mol. The Balaban J connectivity index is 0.00000324. The van der Waals surface area contributed by atoms with E-state index in [1.807, 2.05) is 0 Å². The molecule has 1 rings (SSSR count). The van der Waals surface area contributed by atoms with E-state index in [9.17, 15) is 9.90 Å². The summed E-state index contributed by atoms with van der Waals surface area (Å²) in [7, 11) is 2.79. The highest BCUT2D eigenvalue weighted by Gasteiger charge is 2.36. The molecule has 0 fully saturated rings. The van der Waals surface area contributed by atoms with E-state index in [1.54, 1.807) is 26.0 Å². The number of carbonyl (C=O) groups excluding carboxylic acids is 1. The second kappa shape index (κ2) is 6.63. The smallest absolute Gasteiger partial charge is 0.313 e. The second-order valence-electron chi connectivity index (χ2n) is 4.62. The van der Waals surface area contributed by atoms with Crippen molar-refractivity contribution in [3.63, 3.8) is 0 Å². The predicted molar refractivity (Wildman–Crippen MR) is 74.6 cm³/mol. The van der Waals surface area contributed by atoms with Crippen LogP contribution in [-0.2, 0) is 9.53 Å². The van der Waals surface area contributed by atoms with Gasteiger partial charge < -0.3 is 20.3 Å². The number of esters is 1. The minimum Gasteiger partial charge on any atom is -0.504 e. The fourth-order valence-corrected chi connectivity index (χ4v) is 1.71. The number of carbonyl (C=O) groups is 1. The Morgan fingerprint density at radius 2 is 1.95 bits per heavy atom. The van der Waals surface area contributed by atoms with E-state index in [4.69, 9.17) is 15.2 Å². The first-order valence-electron chi connectivity index (χ1n) is 5.55. The third kappa shape index (κ3) is 3.52. The summed E-state index contributed by atoms with van der Waals surface area (Å²) in [6.07, 6.45) is 0. The minimum atomic E-state index is -0.879. The number of aromatic hydroxyl groups is 1. The van der Waals surface area contributed by atoms with Gasteiger partial charge in [0.15, 0.2) is 11.5 Å². The lowest BCUT2D eigenvalue weighted by atomic mass is 9.81. The highest BCUT2D eigenvalue weighted by molar-refractivity contribution is 5.85. The van der Waals surface area contributed by atoms with Gasteiger partial charge in [-0.15, -0.1) is 12.4 Å². The van der Waals surface area contributed by atoms with Gasteiger partial charge in [-0.2, -0.15) is 0 Å². The number of hydrogen-bond acceptors (Lipinski definition) is 5. The van der Waals surface area contributed by atoms with Gasteiger partial charge in [-0.3, -0.25) is 4.79 Å². The van der Waals surface area contributed by atoms with Crippen molar-refractivity contribution in [2.75, 3.05) is 14.2 Å². The third-order valence-electron chi connectivity index (χ3n) is 3.05. The van der Waals surface area contributed by atoms with Gasteiger partial charge in [0.1, 0.15) is 0 Å². The molecule has 0 unspecified atom stereocenters. The Labute approximate surface area is 119 Å². The summed E-state index contributed by atoms with van der Waals surface area (Å²) < 4.78 is 9.68. The quantitative estimate of drug-likeness (QED) is 0.829. The van der Waals surface area contributed by atoms with E-state index in [2.05, 4.69) is 0 Å². The van der Waals surface area contributed by atoms with Crippen molar-refractivity contribution in [2.45, 2.75) is 19.9 Å². The number of ether oxygens (including phenoxy) is 2. The van der Waals surface area contributed by atoms with E-state index in [-0.39, 0.29) is 18.2 Å². The molecule has 1 atom stereocenters. The highest BCUT2D eigenvalue weighted by Crippen LogP contribution is 2.36. The number of hydrogen-bond donors (Lipinski definition) is 2. The van der Waals surface area contributed by atoms with Crippen LogP contribution >= 0.6 is 12.4 Å². The van der Waals surface area contributed by atoms with Crippen LogP contribution in [0.3, 0.4) is 0 Å². The van der Waals surface area contributed by atoms with Crippen molar-refractivity contribution in [3.8, 4) is 11.5 Å². The van der Waals surface area contributed by atoms with Crippen molar-refractivity contribution in [3.05, 3.63) is 23.8 Å². The van der Waals surface area contributed by atoms with Gasteiger partial charge in [-0.1, -0.05) is 6.07 Å². The van der Waals surface area contributed by atoms with E-state index >= 15 is 0 Å². The number of phenolic OH excluding ortho intramolecular Hbond substituents is 1. The summed E-state index contributed by atoms with van der Waals surface area (Å²) in [6.45, 7) is 3.40. The molecule has 108 valence electrons. The van der Waals surface area contributed by atoms with Crippen molar-refractivity contribution < 1.29 is 19.4 Å². The number of halogens is 1. The van der Waals surface area contributed by atoms with Gasteiger partial charge >= 0.3 is 5.97 Å². The molecule has 0 amide bonds. The number of phenols is 1. The first-order valence-corrected chi connectivity index (χ1v) is 5.55. The van der Waals surface area contributed by atoms with Crippen LogP contribution in [0.15, 0.2) is 18.2 Å². The molecule has 0 aliphatic carbocycles. The van der Waals surface area contributed by atoms with E-state index in [1.165, 1.54) is 20.3 Å². The number of methoxy groups -OCH3 is 2. The zero-order valence-corrected chi connectivity index (χ0v) is 12.3. The van der Waals surface area contributed by atoms with Crippen LogP contribution in [-0.4, -0.2) is 25.3 Å². The maximum Gasteiger partial charge on any atom is 0.313 e. The number of rotatable bonds is 4. The predicted octanol–water partition coefficient (Wildman–Crippen LogP) is 2.02. The van der Waals surface area contributed by atoms with Crippen LogP contribution in [0.25, 0.3) is 0 Å². The van der Waals surface area contributed by atoms with E-state index in [0.717, 1.165) is 0 Å². The summed E-state index contributed by atoms with van der Waals surface area (Å²) in [5.41, 5.74) is 5.82. The molecule has 0 spiro atoms. The molecule has 1 aromatic carbocycles. The normalized spacial score (nSPS) is 12.3. The minimum absolute atomic E-state index is 0. The van der Waals surface area contributed by atoms with Crippen molar-refractivity contribution in [2.24, 2.45) is 11.1 Å². The molecule has 0 radical (unpaired) electrons. The Morgan fingerprint density at radius 3 is 2.37 bits per heavy atom. The van der Waals surface area contributed by atoms with Crippen LogP contribution in [0.2, 0.25) is 0 Å². The fourth-order valence-electron chi connectivity index (χ4n) is 1.71. The molecule has 0 heterocycles. The Hall–Kier alpha value is -1.46. The zero-order valence-electron chi connectivity index (χ0n) is 11.5. The topological polar surface area (TPSA) is 81.8 Å². The molecule has 0 bridgehead atoms. The van der Waals surface area contributed by atoms with Gasteiger partial charge in [0, 0.05) is 6.04 Å². The van der Waals surface area contributed by atoms with Crippen molar-refractivity contribution in [1.82, 2.24) is 0 Å². The molecule has 0 saturated heterocycles. The Bertz CT molecular complexity index is 448. The van der Waals surface area contributed by atoms with Crippen LogP contribution in [0.5, 0.6) is 11.5 Å². The SMILES string of the molecule is COC(=O)C(C)(C)[C@H](N)c1ccc(OC)c(O)c1.Cl. The largest absolute Gasteiger partial charge is 0.504 e. The zero-order chi connectivity index (χ0) is 13.9. The van der Waals surface area contributed by atoms with Gasteiger partial charge in [-0.05, 0) is 31.5 Å². The first-order chi connectivity index (χ1) is 8.34. The van der Waals surface area contributed by atoms with Crippen molar-refractivity contribution in [1.29, 1.82) is 0 Å². The molecule has 5 nitrogen and oxygen atoms in total. The van der Waals surface area contributed by atoms with Gasteiger partial charge in [0.2, 0.25) is 0 Å². The van der Waals surface area contributed by atoms with Crippen LogP contribution in [0, 0.1) is 5.41 Å². The van der Waals surface area contributed by atoms with Gasteiger partial charge in [0.05, 0.1) is 19.6 Å². The second-order valence-corrected chi connectivity index (χ2v) is 4.62. The lowest BCUT2D eigenvalue weighted by molar-refractivity contribution is -0.152. The molecular formula is C13H20ClNO4. The number of benzene rings is 1. The molecule has 3 N–H and O–H groups in total. The summed E-state index contributed by atoms with van der Waals surface area (Å²) in [4.78, 5) is 11.7. The van der Waals surface area contributed by atoms with Gasteiger partial charge in [-0.25, -0.2) is 0 Å².